The van der Waals surface area contributed by atoms with Crippen LogP contribution in [0.2, 0.25) is 0 Å². The van der Waals surface area contributed by atoms with E-state index in [1.54, 1.807) is 30.3 Å². The van der Waals surface area contributed by atoms with Gasteiger partial charge in [0.1, 0.15) is 0 Å². The highest BCUT2D eigenvalue weighted by Crippen LogP contribution is 2.17. The van der Waals surface area contributed by atoms with Crippen molar-refractivity contribution < 1.29 is 13.2 Å². The molecule has 0 N–H and O–H groups in total. The lowest BCUT2D eigenvalue weighted by Crippen LogP contribution is -2.41. The Hall–Kier alpha value is -0.960. The monoisotopic (exact) mass is 345 g/mol. The summed E-state index contributed by atoms with van der Waals surface area (Å²) in [5.74, 6) is -0.350. The number of hydrogen-bond donors (Lipinski definition) is 0. The molecular formula is C14H23N3O3S2. The highest BCUT2D eigenvalue weighted by molar-refractivity contribution is 7.88. The van der Waals surface area contributed by atoms with Crippen molar-refractivity contribution in [1.29, 1.82) is 0 Å². The summed E-state index contributed by atoms with van der Waals surface area (Å²) in [6.45, 7) is 2.66. The predicted molar refractivity (Wildman–Crippen MR) is 88.2 cm³/mol. The van der Waals surface area contributed by atoms with Crippen LogP contribution >= 0.6 is 11.3 Å². The summed E-state index contributed by atoms with van der Waals surface area (Å²) in [5, 5.41) is 4.11. The number of carbonyl (C=O) groups is 1. The fourth-order valence-electron chi connectivity index (χ4n) is 2.66. The second-order valence-electron chi connectivity index (χ2n) is 5.92. The Morgan fingerprint density at radius 2 is 2.09 bits per heavy atom. The second kappa shape index (κ2) is 7.08. The molecule has 1 aliphatic heterocycles. The van der Waals surface area contributed by atoms with Gasteiger partial charge in [-0.2, -0.15) is 11.3 Å². The van der Waals surface area contributed by atoms with Gasteiger partial charge in [0.15, 0.2) is 0 Å². The van der Waals surface area contributed by atoms with Gasteiger partial charge in [-0.25, -0.2) is 12.7 Å². The van der Waals surface area contributed by atoms with Gasteiger partial charge in [-0.3, -0.25) is 9.69 Å². The van der Waals surface area contributed by atoms with E-state index < -0.39 is 10.0 Å². The van der Waals surface area contributed by atoms with Gasteiger partial charge in [-0.1, -0.05) is 0 Å². The molecule has 1 amide bonds. The summed E-state index contributed by atoms with van der Waals surface area (Å²) in [5.41, 5.74) is 1.20. The first kappa shape index (κ1) is 17.4. The van der Waals surface area contributed by atoms with Crippen molar-refractivity contribution in [3.63, 3.8) is 0 Å². The van der Waals surface area contributed by atoms with Crippen LogP contribution in [0.25, 0.3) is 0 Å². The molecule has 0 bridgehead atoms. The molecule has 124 valence electrons. The van der Waals surface area contributed by atoms with Crippen molar-refractivity contribution in [3.8, 4) is 0 Å². The number of hydrogen-bond acceptors (Lipinski definition) is 5. The normalized spacial score (nSPS) is 21.5. The number of carbonyl (C=O) groups excluding carboxylic acids is 1. The average Bonchev–Trinajstić information content (AvgIpc) is 2.82. The minimum atomic E-state index is -3.29. The maximum Gasteiger partial charge on any atom is 0.227 e. The van der Waals surface area contributed by atoms with Crippen LogP contribution in [0.5, 0.6) is 0 Å². The van der Waals surface area contributed by atoms with Crippen molar-refractivity contribution in [3.05, 3.63) is 22.4 Å². The number of nitrogens with zero attached hydrogens (tertiary/aromatic N) is 3. The third-order valence-corrected chi connectivity index (χ3v) is 5.82. The molecule has 1 aliphatic rings. The van der Waals surface area contributed by atoms with Crippen LogP contribution in [0.3, 0.4) is 0 Å². The van der Waals surface area contributed by atoms with Gasteiger partial charge in [0.2, 0.25) is 15.9 Å². The Labute approximate surface area is 136 Å². The van der Waals surface area contributed by atoms with Gasteiger partial charge in [0.25, 0.3) is 0 Å². The zero-order valence-corrected chi connectivity index (χ0v) is 14.9. The third kappa shape index (κ3) is 4.52. The maximum absolute atomic E-state index is 12.4. The molecule has 2 rings (SSSR count). The van der Waals surface area contributed by atoms with Gasteiger partial charge in [0, 0.05) is 46.8 Å². The van der Waals surface area contributed by atoms with Crippen LogP contribution < -0.4 is 0 Å². The molecule has 0 aliphatic carbocycles. The summed E-state index contributed by atoms with van der Waals surface area (Å²) >= 11 is 1.64. The van der Waals surface area contributed by atoms with E-state index in [0.717, 1.165) is 6.54 Å². The quantitative estimate of drug-likeness (QED) is 0.799. The standard InChI is InChI=1S/C14H23N3O3S2/c1-15(2)14(18)13-9-16(8-12-4-7-21-11-12)5-6-17(10-13)22(3,19)20/h4,7,11,13H,5-6,8-10H2,1-3H3/t13-/m1/s1. The minimum Gasteiger partial charge on any atom is -0.348 e. The summed E-state index contributed by atoms with van der Waals surface area (Å²) in [6, 6.07) is 2.06. The first-order valence-electron chi connectivity index (χ1n) is 7.17. The number of thiophene rings is 1. The Morgan fingerprint density at radius 1 is 1.36 bits per heavy atom. The predicted octanol–water partition coefficient (Wildman–Crippen LogP) is 0.530. The van der Waals surface area contributed by atoms with Gasteiger partial charge in [-0.05, 0) is 22.4 Å². The zero-order valence-electron chi connectivity index (χ0n) is 13.2. The molecule has 0 spiro atoms. The van der Waals surface area contributed by atoms with Gasteiger partial charge >= 0.3 is 0 Å². The van der Waals surface area contributed by atoms with Crippen molar-refractivity contribution in [1.82, 2.24) is 14.1 Å². The third-order valence-electron chi connectivity index (χ3n) is 3.81. The lowest BCUT2D eigenvalue weighted by atomic mass is 10.1. The molecule has 1 atom stereocenters. The van der Waals surface area contributed by atoms with E-state index in [0.29, 0.717) is 19.6 Å². The fourth-order valence-corrected chi connectivity index (χ4v) is 4.18. The second-order valence-corrected chi connectivity index (χ2v) is 8.68. The van der Waals surface area contributed by atoms with E-state index in [2.05, 4.69) is 16.3 Å². The molecule has 0 radical (unpaired) electrons. The maximum atomic E-state index is 12.4. The topological polar surface area (TPSA) is 60.9 Å². The zero-order chi connectivity index (χ0) is 16.3. The van der Waals surface area contributed by atoms with Gasteiger partial charge in [0.05, 0.1) is 12.2 Å². The molecule has 22 heavy (non-hydrogen) atoms. The summed E-state index contributed by atoms with van der Waals surface area (Å²) in [4.78, 5) is 16.1. The van der Waals surface area contributed by atoms with E-state index >= 15 is 0 Å². The fraction of sp³-hybridized carbons (Fsp3) is 0.643. The van der Waals surface area contributed by atoms with E-state index in [1.165, 1.54) is 16.1 Å². The number of sulfonamides is 1. The average molecular weight is 345 g/mol. The van der Waals surface area contributed by atoms with Crippen LogP contribution in [0, 0.1) is 5.92 Å². The molecule has 2 heterocycles. The van der Waals surface area contributed by atoms with Crippen LogP contribution in [0.4, 0.5) is 0 Å². The molecule has 1 aromatic rings. The molecule has 0 saturated carbocycles. The number of amides is 1. The van der Waals surface area contributed by atoms with E-state index in [1.807, 2.05) is 5.38 Å². The van der Waals surface area contributed by atoms with Crippen LogP contribution in [0.1, 0.15) is 5.56 Å². The molecule has 1 fully saturated rings. The molecule has 8 heteroatoms. The summed E-state index contributed by atoms with van der Waals surface area (Å²) in [7, 11) is 0.130. The van der Waals surface area contributed by atoms with E-state index in [9.17, 15) is 13.2 Å². The lowest BCUT2D eigenvalue weighted by molar-refractivity contribution is -0.133. The molecule has 1 saturated heterocycles. The molecule has 0 aromatic carbocycles. The Kier molecular flexibility index (Phi) is 5.60. The van der Waals surface area contributed by atoms with Crippen molar-refractivity contribution in [2.24, 2.45) is 5.92 Å². The number of rotatable bonds is 4. The van der Waals surface area contributed by atoms with Crippen molar-refractivity contribution in [2.75, 3.05) is 46.5 Å². The van der Waals surface area contributed by atoms with Gasteiger partial charge in [-0.15, -0.1) is 0 Å². The first-order chi connectivity index (χ1) is 10.3. The Bertz CT molecular complexity index is 599. The van der Waals surface area contributed by atoms with Gasteiger partial charge < -0.3 is 4.90 Å². The SMILES string of the molecule is CN(C)C(=O)[C@@H]1CN(Cc2ccsc2)CCN(S(C)(=O)=O)C1. The smallest absolute Gasteiger partial charge is 0.227 e. The van der Waals surface area contributed by atoms with Crippen LogP contribution in [-0.2, 0) is 21.4 Å². The summed E-state index contributed by atoms with van der Waals surface area (Å²) in [6.07, 6.45) is 1.21. The van der Waals surface area contributed by atoms with E-state index in [4.69, 9.17) is 0 Å². The van der Waals surface area contributed by atoms with Crippen molar-refractivity contribution >= 4 is 27.3 Å². The lowest BCUT2D eigenvalue weighted by Gasteiger charge is -2.25. The summed E-state index contributed by atoms with van der Waals surface area (Å²) < 4.78 is 25.2. The highest BCUT2D eigenvalue weighted by Gasteiger charge is 2.32. The van der Waals surface area contributed by atoms with Crippen molar-refractivity contribution in [2.45, 2.75) is 6.54 Å². The molecular weight excluding hydrogens is 322 g/mol. The first-order valence-corrected chi connectivity index (χ1v) is 9.96. The Balaban J connectivity index is 2.16. The van der Waals surface area contributed by atoms with Crippen LogP contribution in [0.15, 0.2) is 16.8 Å². The minimum absolute atomic E-state index is 0.0223. The molecule has 0 unspecified atom stereocenters. The Morgan fingerprint density at radius 3 is 2.64 bits per heavy atom. The largest absolute Gasteiger partial charge is 0.348 e. The molecule has 6 nitrogen and oxygen atoms in total. The molecule has 1 aromatic heterocycles. The van der Waals surface area contributed by atoms with Crippen LogP contribution in [-0.4, -0.2) is 75.0 Å². The van der Waals surface area contributed by atoms with E-state index in [-0.39, 0.29) is 18.4 Å². The highest BCUT2D eigenvalue weighted by atomic mass is 32.2.